The van der Waals surface area contributed by atoms with E-state index >= 15 is 0 Å². The maximum Gasteiger partial charge on any atom is 0.268 e. The molecule has 1 unspecified atom stereocenters. The van der Waals surface area contributed by atoms with Crippen LogP contribution in [-0.4, -0.2) is 12.0 Å². The molecule has 3 rings (SSSR count). The van der Waals surface area contributed by atoms with Crippen molar-refractivity contribution in [3.63, 3.8) is 0 Å². The van der Waals surface area contributed by atoms with Crippen LogP contribution in [0.15, 0.2) is 42.5 Å². The molecule has 0 saturated carbocycles. The normalized spacial score (nSPS) is 17.3. The molecule has 0 spiro atoms. The molecule has 0 aromatic heterocycles. The first kappa shape index (κ1) is 13.4. The van der Waals surface area contributed by atoms with Crippen molar-refractivity contribution in [2.24, 2.45) is 0 Å². The summed E-state index contributed by atoms with van der Waals surface area (Å²) in [6.45, 7) is 1.98. The Hall–Kier alpha value is -2.56. The molecule has 4 nitrogen and oxygen atoms in total. The summed E-state index contributed by atoms with van der Waals surface area (Å²) in [6, 6.07) is 11.4. The standard InChI is InChI=1S/C16H15FN2O2/c1-10-16(20)19(9-11-3-2-4-12(17)7-11)14-6-5-13(18)8-15(14)21-10/h2-8,10H,9,18H2,1H3. The first-order chi connectivity index (χ1) is 10.0. The number of hydrogen-bond acceptors (Lipinski definition) is 3. The molecule has 0 radical (unpaired) electrons. The van der Waals surface area contributed by atoms with E-state index in [-0.39, 0.29) is 11.7 Å². The van der Waals surface area contributed by atoms with Crippen molar-refractivity contribution in [1.82, 2.24) is 0 Å². The fraction of sp³-hybridized carbons (Fsp3) is 0.188. The average molecular weight is 286 g/mol. The van der Waals surface area contributed by atoms with Crippen LogP contribution in [0.2, 0.25) is 0 Å². The summed E-state index contributed by atoms with van der Waals surface area (Å²) in [5, 5.41) is 0. The van der Waals surface area contributed by atoms with Crippen molar-refractivity contribution in [2.45, 2.75) is 19.6 Å². The molecule has 1 amide bonds. The van der Waals surface area contributed by atoms with Gasteiger partial charge < -0.3 is 15.4 Å². The molecule has 1 atom stereocenters. The summed E-state index contributed by atoms with van der Waals surface area (Å²) < 4.78 is 18.9. The molecule has 0 bridgehead atoms. The summed E-state index contributed by atoms with van der Waals surface area (Å²) >= 11 is 0. The molecule has 21 heavy (non-hydrogen) atoms. The maximum absolute atomic E-state index is 13.3. The molecule has 5 heteroatoms. The number of nitrogens with zero attached hydrogens (tertiary/aromatic N) is 1. The Kier molecular flexibility index (Phi) is 3.25. The molecule has 1 heterocycles. The summed E-state index contributed by atoms with van der Waals surface area (Å²) in [6.07, 6.45) is -0.590. The summed E-state index contributed by atoms with van der Waals surface area (Å²) in [5.74, 6) is 0.0915. The summed E-state index contributed by atoms with van der Waals surface area (Å²) in [4.78, 5) is 13.9. The first-order valence-corrected chi connectivity index (χ1v) is 6.66. The summed E-state index contributed by atoms with van der Waals surface area (Å²) in [7, 11) is 0. The number of amides is 1. The van der Waals surface area contributed by atoms with Gasteiger partial charge in [0.2, 0.25) is 0 Å². The van der Waals surface area contributed by atoms with Crippen molar-refractivity contribution in [1.29, 1.82) is 0 Å². The second-order valence-electron chi connectivity index (χ2n) is 5.04. The van der Waals surface area contributed by atoms with Crippen LogP contribution in [0, 0.1) is 5.82 Å². The highest BCUT2D eigenvalue weighted by Crippen LogP contribution is 2.36. The van der Waals surface area contributed by atoms with E-state index < -0.39 is 6.10 Å². The molecule has 0 aliphatic carbocycles. The Morgan fingerprint density at radius 2 is 2.10 bits per heavy atom. The third kappa shape index (κ3) is 2.54. The Morgan fingerprint density at radius 3 is 2.86 bits per heavy atom. The first-order valence-electron chi connectivity index (χ1n) is 6.66. The second-order valence-corrected chi connectivity index (χ2v) is 5.04. The molecular weight excluding hydrogens is 271 g/mol. The monoisotopic (exact) mass is 286 g/mol. The van der Waals surface area contributed by atoms with Gasteiger partial charge in [0.1, 0.15) is 11.6 Å². The lowest BCUT2D eigenvalue weighted by atomic mass is 10.1. The van der Waals surface area contributed by atoms with E-state index in [9.17, 15) is 9.18 Å². The van der Waals surface area contributed by atoms with E-state index in [0.29, 0.717) is 23.7 Å². The highest BCUT2D eigenvalue weighted by atomic mass is 19.1. The van der Waals surface area contributed by atoms with E-state index in [1.165, 1.54) is 12.1 Å². The van der Waals surface area contributed by atoms with Gasteiger partial charge in [0.05, 0.1) is 12.2 Å². The fourth-order valence-electron chi connectivity index (χ4n) is 2.41. The molecule has 108 valence electrons. The minimum atomic E-state index is -0.590. The Labute approximate surface area is 121 Å². The number of anilines is 2. The van der Waals surface area contributed by atoms with Crippen molar-refractivity contribution in [2.75, 3.05) is 10.6 Å². The third-order valence-electron chi connectivity index (χ3n) is 3.42. The van der Waals surface area contributed by atoms with E-state index in [1.807, 2.05) is 0 Å². The van der Waals surface area contributed by atoms with E-state index in [2.05, 4.69) is 0 Å². The number of rotatable bonds is 2. The van der Waals surface area contributed by atoms with Gasteiger partial charge in [-0.15, -0.1) is 0 Å². The van der Waals surface area contributed by atoms with E-state index in [4.69, 9.17) is 10.5 Å². The maximum atomic E-state index is 13.3. The molecule has 0 fully saturated rings. The SMILES string of the molecule is CC1Oc2cc(N)ccc2N(Cc2cccc(F)c2)C1=O. The second kappa shape index (κ2) is 5.09. The Morgan fingerprint density at radius 1 is 1.29 bits per heavy atom. The third-order valence-corrected chi connectivity index (χ3v) is 3.42. The minimum absolute atomic E-state index is 0.156. The molecule has 2 aromatic rings. The van der Waals surface area contributed by atoms with Crippen LogP contribution in [0.1, 0.15) is 12.5 Å². The quantitative estimate of drug-likeness (QED) is 0.864. The van der Waals surface area contributed by atoms with Gasteiger partial charge in [-0.25, -0.2) is 4.39 Å². The number of ether oxygens (including phenoxy) is 1. The van der Waals surface area contributed by atoms with Crippen LogP contribution >= 0.6 is 0 Å². The van der Waals surface area contributed by atoms with Gasteiger partial charge in [-0.1, -0.05) is 12.1 Å². The molecule has 2 aromatic carbocycles. The van der Waals surface area contributed by atoms with E-state index in [1.54, 1.807) is 42.2 Å². The van der Waals surface area contributed by atoms with Gasteiger partial charge in [-0.2, -0.15) is 0 Å². The Bertz CT molecular complexity index is 702. The van der Waals surface area contributed by atoms with Gasteiger partial charge in [0, 0.05) is 11.8 Å². The van der Waals surface area contributed by atoms with Crippen molar-refractivity contribution < 1.29 is 13.9 Å². The number of hydrogen-bond donors (Lipinski definition) is 1. The average Bonchev–Trinajstić information content (AvgIpc) is 2.44. The number of carbonyl (C=O) groups excluding carboxylic acids is 1. The highest BCUT2D eigenvalue weighted by molar-refractivity contribution is 6.00. The van der Waals surface area contributed by atoms with Crippen molar-refractivity contribution in [3.8, 4) is 5.75 Å². The largest absolute Gasteiger partial charge is 0.479 e. The van der Waals surface area contributed by atoms with Crippen LogP contribution in [0.5, 0.6) is 5.75 Å². The van der Waals surface area contributed by atoms with Crippen LogP contribution in [0.4, 0.5) is 15.8 Å². The number of benzene rings is 2. The van der Waals surface area contributed by atoms with Gasteiger partial charge in [-0.05, 0) is 36.8 Å². The van der Waals surface area contributed by atoms with Crippen LogP contribution in [-0.2, 0) is 11.3 Å². The number of nitrogen functional groups attached to an aromatic ring is 1. The zero-order valence-electron chi connectivity index (χ0n) is 11.5. The van der Waals surface area contributed by atoms with Crippen LogP contribution < -0.4 is 15.4 Å². The number of nitrogens with two attached hydrogens (primary N) is 1. The zero-order valence-corrected chi connectivity index (χ0v) is 11.5. The van der Waals surface area contributed by atoms with Crippen molar-refractivity contribution >= 4 is 17.3 Å². The molecule has 0 saturated heterocycles. The lowest BCUT2D eigenvalue weighted by Crippen LogP contribution is -2.44. The smallest absolute Gasteiger partial charge is 0.268 e. The molecule has 1 aliphatic heterocycles. The van der Waals surface area contributed by atoms with Crippen LogP contribution in [0.3, 0.4) is 0 Å². The predicted molar refractivity (Wildman–Crippen MR) is 78.5 cm³/mol. The lowest BCUT2D eigenvalue weighted by Gasteiger charge is -2.33. The molecular formula is C16H15FN2O2. The number of fused-ring (bicyclic) bond motifs is 1. The Balaban J connectivity index is 1.99. The highest BCUT2D eigenvalue weighted by Gasteiger charge is 2.31. The number of halogens is 1. The topological polar surface area (TPSA) is 55.6 Å². The van der Waals surface area contributed by atoms with Crippen LogP contribution in [0.25, 0.3) is 0 Å². The van der Waals surface area contributed by atoms with Gasteiger partial charge in [0.15, 0.2) is 6.10 Å². The van der Waals surface area contributed by atoms with Gasteiger partial charge in [0.25, 0.3) is 5.91 Å². The lowest BCUT2D eigenvalue weighted by molar-refractivity contribution is -0.125. The van der Waals surface area contributed by atoms with E-state index in [0.717, 1.165) is 5.56 Å². The predicted octanol–water partition coefficient (Wildman–Crippen LogP) is 2.72. The molecule has 2 N–H and O–H groups in total. The van der Waals surface area contributed by atoms with Crippen molar-refractivity contribution in [3.05, 3.63) is 53.8 Å². The number of carbonyl (C=O) groups is 1. The summed E-state index contributed by atoms with van der Waals surface area (Å²) in [5.41, 5.74) is 7.69. The van der Waals surface area contributed by atoms with Gasteiger partial charge >= 0.3 is 0 Å². The fourth-order valence-corrected chi connectivity index (χ4v) is 2.41. The minimum Gasteiger partial charge on any atom is -0.479 e. The zero-order chi connectivity index (χ0) is 15.0. The molecule has 1 aliphatic rings. The van der Waals surface area contributed by atoms with Gasteiger partial charge in [-0.3, -0.25) is 4.79 Å².